The van der Waals surface area contributed by atoms with Gasteiger partial charge in [0.1, 0.15) is 0 Å². The third-order valence-corrected chi connectivity index (χ3v) is 4.02. The summed E-state index contributed by atoms with van der Waals surface area (Å²) in [5.74, 6) is 0.239. The Morgan fingerprint density at radius 2 is 1.72 bits per heavy atom. The molecule has 0 aliphatic rings. The van der Waals surface area contributed by atoms with E-state index in [1.807, 2.05) is 19.1 Å². The zero-order valence-electron chi connectivity index (χ0n) is 15.6. The standard InChI is InChI=1S/C19H32N4O2/c1-4-11-19(25,12-5-2)14-23-18(21-6-3)22-13-15-7-9-16(10-8-15)17(20)24/h7-10,25H,4-6,11-14H2,1-3H3,(H2,20,24)(H2,21,22,23). The van der Waals surface area contributed by atoms with E-state index in [1.165, 1.54) is 0 Å². The molecule has 140 valence electrons. The van der Waals surface area contributed by atoms with Gasteiger partial charge in [-0.1, -0.05) is 38.8 Å². The zero-order chi connectivity index (χ0) is 18.7. The maximum atomic E-state index is 11.1. The highest BCUT2D eigenvalue weighted by atomic mass is 16.3. The molecule has 0 atom stereocenters. The van der Waals surface area contributed by atoms with Crippen molar-refractivity contribution in [3.8, 4) is 0 Å². The first-order valence-electron chi connectivity index (χ1n) is 9.07. The average molecular weight is 348 g/mol. The number of benzene rings is 1. The number of guanidine groups is 1. The van der Waals surface area contributed by atoms with Gasteiger partial charge >= 0.3 is 0 Å². The Morgan fingerprint density at radius 3 is 2.20 bits per heavy atom. The van der Waals surface area contributed by atoms with Crippen LogP contribution in [0.4, 0.5) is 0 Å². The van der Waals surface area contributed by atoms with Gasteiger partial charge < -0.3 is 21.5 Å². The number of nitrogens with one attached hydrogen (secondary N) is 2. The molecule has 0 heterocycles. The molecule has 0 spiro atoms. The van der Waals surface area contributed by atoms with Gasteiger partial charge in [-0.15, -0.1) is 0 Å². The van der Waals surface area contributed by atoms with Crippen LogP contribution in [0.3, 0.4) is 0 Å². The molecule has 0 radical (unpaired) electrons. The summed E-state index contributed by atoms with van der Waals surface area (Å²) >= 11 is 0. The quantitative estimate of drug-likeness (QED) is 0.385. The van der Waals surface area contributed by atoms with Gasteiger partial charge in [-0.25, -0.2) is 4.99 Å². The molecule has 1 rings (SSSR count). The Bertz CT molecular complexity index is 549. The minimum Gasteiger partial charge on any atom is -0.388 e. The molecule has 0 fully saturated rings. The summed E-state index contributed by atoms with van der Waals surface area (Å²) in [4.78, 5) is 15.6. The third kappa shape index (κ3) is 7.56. The second kappa shape index (κ2) is 10.7. The molecule has 0 unspecified atom stereocenters. The van der Waals surface area contributed by atoms with Crippen molar-refractivity contribution in [3.05, 3.63) is 35.4 Å². The lowest BCUT2D eigenvalue weighted by Gasteiger charge is -2.28. The van der Waals surface area contributed by atoms with Crippen LogP contribution in [0.5, 0.6) is 0 Å². The molecule has 0 bridgehead atoms. The van der Waals surface area contributed by atoms with Gasteiger partial charge in [0.25, 0.3) is 0 Å². The van der Waals surface area contributed by atoms with Crippen LogP contribution in [0, 0.1) is 0 Å². The summed E-state index contributed by atoms with van der Waals surface area (Å²) in [6.45, 7) is 7.86. The van der Waals surface area contributed by atoms with Crippen LogP contribution in [0.1, 0.15) is 62.4 Å². The number of carbonyl (C=O) groups is 1. The number of aliphatic hydroxyl groups is 1. The van der Waals surface area contributed by atoms with Crippen molar-refractivity contribution in [3.63, 3.8) is 0 Å². The Kier molecular flexibility index (Phi) is 8.99. The van der Waals surface area contributed by atoms with E-state index in [-0.39, 0.29) is 0 Å². The summed E-state index contributed by atoms with van der Waals surface area (Å²) in [5.41, 5.74) is 6.01. The fourth-order valence-corrected chi connectivity index (χ4v) is 2.77. The minimum absolute atomic E-state index is 0.434. The Labute approximate surface area is 150 Å². The van der Waals surface area contributed by atoms with E-state index in [4.69, 9.17) is 5.73 Å². The number of rotatable bonds is 10. The highest BCUT2D eigenvalue weighted by Crippen LogP contribution is 2.18. The second-order valence-electron chi connectivity index (χ2n) is 6.33. The highest BCUT2D eigenvalue weighted by Gasteiger charge is 2.24. The minimum atomic E-state index is -0.706. The Balaban J connectivity index is 2.71. The average Bonchev–Trinajstić information content (AvgIpc) is 2.58. The van der Waals surface area contributed by atoms with E-state index >= 15 is 0 Å². The molecular formula is C19H32N4O2. The predicted molar refractivity (Wildman–Crippen MR) is 103 cm³/mol. The normalized spacial score (nSPS) is 12.1. The largest absolute Gasteiger partial charge is 0.388 e. The molecule has 0 aliphatic heterocycles. The molecule has 1 aromatic rings. The predicted octanol–water partition coefficient (Wildman–Crippen LogP) is 2.17. The fourth-order valence-electron chi connectivity index (χ4n) is 2.77. The van der Waals surface area contributed by atoms with Crippen molar-refractivity contribution < 1.29 is 9.90 Å². The van der Waals surface area contributed by atoms with Crippen molar-refractivity contribution >= 4 is 11.9 Å². The first kappa shape index (κ1) is 21.0. The third-order valence-electron chi connectivity index (χ3n) is 4.02. The van der Waals surface area contributed by atoms with Gasteiger partial charge in [-0.2, -0.15) is 0 Å². The zero-order valence-corrected chi connectivity index (χ0v) is 15.6. The lowest BCUT2D eigenvalue weighted by atomic mass is 9.93. The van der Waals surface area contributed by atoms with E-state index in [0.29, 0.717) is 24.6 Å². The number of nitrogens with zero attached hydrogens (tertiary/aromatic N) is 1. The van der Waals surface area contributed by atoms with E-state index in [2.05, 4.69) is 29.5 Å². The summed E-state index contributed by atoms with van der Waals surface area (Å²) < 4.78 is 0. The lowest BCUT2D eigenvalue weighted by molar-refractivity contribution is 0.0257. The van der Waals surface area contributed by atoms with Gasteiger partial charge in [-0.3, -0.25) is 4.79 Å². The number of hydrogen-bond acceptors (Lipinski definition) is 3. The SMILES string of the molecule is CCCC(O)(CCC)CNC(=NCc1ccc(C(N)=O)cc1)NCC. The van der Waals surface area contributed by atoms with Crippen LogP contribution in [-0.2, 0) is 6.54 Å². The van der Waals surface area contributed by atoms with Crippen molar-refractivity contribution in [2.45, 2.75) is 58.6 Å². The summed E-state index contributed by atoms with van der Waals surface area (Å²) in [7, 11) is 0. The van der Waals surface area contributed by atoms with E-state index in [0.717, 1.165) is 37.8 Å². The Morgan fingerprint density at radius 1 is 1.12 bits per heavy atom. The van der Waals surface area contributed by atoms with E-state index in [9.17, 15) is 9.90 Å². The number of aliphatic imine (C=N–C) groups is 1. The highest BCUT2D eigenvalue weighted by molar-refractivity contribution is 5.92. The molecule has 1 aromatic carbocycles. The van der Waals surface area contributed by atoms with Gasteiger partial charge in [0.15, 0.2) is 5.96 Å². The molecule has 25 heavy (non-hydrogen) atoms. The molecule has 6 heteroatoms. The smallest absolute Gasteiger partial charge is 0.248 e. The summed E-state index contributed by atoms with van der Waals surface area (Å²) in [5, 5.41) is 17.1. The Hall–Kier alpha value is -2.08. The second-order valence-corrected chi connectivity index (χ2v) is 6.33. The van der Waals surface area contributed by atoms with Crippen molar-refractivity contribution in [1.29, 1.82) is 0 Å². The van der Waals surface area contributed by atoms with Crippen LogP contribution >= 0.6 is 0 Å². The maximum Gasteiger partial charge on any atom is 0.248 e. The van der Waals surface area contributed by atoms with Crippen LogP contribution in [0.25, 0.3) is 0 Å². The molecule has 1 amide bonds. The van der Waals surface area contributed by atoms with Crippen LogP contribution < -0.4 is 16.4 Å². The summed E-state index contributed by atoms with van der Waals surface area (Å²) in [6.07, 6.45) is 3.42. The molecule has 0 saturated carbocycles. The monoisotopic (exact) mass is 348 g/mol. The van der Waals surface area contributed by atoms with Crippen molar-refractivity contribution in [1.82, 2.24) is 10.6 Å². The van der Waals surface area contributed by atoms with Crippen LogP contribution in [-0.4, -0.2) is 35.7 Å². The number of carbonyl (C=O) groups excluding carboxylic acids is 1. The first-order chi connectivity index (χ1) is 11.9. The maximum absolute atomic E-state index is 11.1. The van der Waals surface area contributed by atoms with Crippen LogP contribution in [0.2, 0.25) is 0 Å². The first-order valence-corrected chi connectivity index (χ1v) is 9.07. The van der Waals surface area contributed by atoms with Gasteiger partial charge in [0.2, 0.25) is 5.91 Å². The van der Waals surface area contributed by atoms with Gasteiger partial charge in [0.05, 0.1) is 12.1 Å². The topological polar surface area (TPSA) is 99.7 Å². The fraction of sp³-hybridized carbons (Fsp3) is 0.579. The molecule has 0 saturated heterocycles. The number of amides is 1. The molecular weight excluding hydrogens is 316 g/mol. The molecule has 6 nitrogen and oxygen atoms in total. The molecule has 5 N–H and O–H groups in total. The number of nitrogens with two attached hydrogens (primary N) is 1. The molecule has 0 aliphatic carbocycles. The van der Waals surface area contributed by atoms with Gasteiger partial charge in [-0.05, 0) is 37.5 Å². The number of primary amides is 1. The van der Waals surface area contributed by atoms with E-state index in [1.54, 1.807) is 12.1 Å². The van der Waals surface area contributed by atoms with Crippen molar-refractivity contribution in [2.24, 2.45) is 10.7 Å². The van der Waals surface area contributed by atoms with E-state index < -0.39 is 11.5 Å². The lowest BCUT2D eigenvalue weighted by Crippen LogP contribution is -2.47. The van der Waals surface area contributed by atoms with Gasteiger partial charge in [0, 0.05) is 18.7 Å². The summed E-state index contributed by atoms with van der Waals surface area (Å²) in [6, 6.07) is 7.10. The molecule has 0 aromatic heterocycles. The van der Waals surface area contributed by atoms with Crippen LogP contribution in [0.15, 0.2) is 29.3 Å². The number of hydrogen-bond donors (Lipinski definition) is 4. The van der Waals surface area contributed by atoms with Crippen molar-refractivity contribution in [2.75, 3.05) is 13.1 Å².